The Hall–Kier alpha value is -0.120. The Morgan fingerprint density at radius 2 is 1.68 bits per heavy atom. The van der Waals surface area contributed by atoms with Gasteiger partial charge in [-0.2, -0.15) is 0 Å². The van der Waals surface area contributed by atoms with Crippen molar-refractivity contribution in [2.75, 3.05) is 26.2 Å². The zero-order chi connectivity index (χ0) is 14.5. The molecule has 114 valence electrons. The lowest BCUT2D eigenvalue weighted by molar-refractivity contribution is 0.134. The van der Waals surface area contributed by atoms with Crippen molar-refractivity contribution in [2.24, 2.45) is 11.8 Å². The summed E-state index contributed by atoms with van der Waals surface area (Å²) in [5.41, 5.74) is -0.104. The molecule has 0 heterocycles. The first-order valence-corrected chi connectivity index (χ1v) is 7.95. The Bertz CT molecular complexity index is 241. The normalized spacial score (nSPS) is 19.4. The fourth-order valence-electron chi connectivity index (χ4n) is 2.61. The van der Waals surface area contributed by atoms with E-state index in [1.165, 1.54) is 12.8 Å². The summed E-state index contributed by atoms with van der Waals surface area (Å²) in [6.07, 6.45) is 3.58. The SMILES string of the molecule is CC(C)CN(CCC(C)(CO)NC1CC1)CC(C)C. The summed E-state index contributed by atoms with van der Waals surface area (Å²) in [4.78, 5) is 2.55. The van der Waals surface area contributed by atoms with E-state index < -0.39 is 0 Å². The summed E-state index contributed by atoms with van der Waals surface area (Å²) in [7, 11) is 0. The van der Waals surface area contributed by atoms with Crippen molar-refractivity contribution in [3.63, 3.8) is 0 Å². The molecule has 3 nitrogen and oxygen atoms in total. The van der Waals surface area contributed by atoms with E-state index in [1.54, 1.807) is 0 Å². The molecule has 2 N–H and O–H groups in total. The summed E-state index contributed by atoms with van der Waals surface area (Å²) in [6.45, 7) is 14.9. The van der Waals surface area contributed by atoms with Crippen LogP contribution in [0.2, 0.25) is 0 Å². The highest BCUT2D eigenvalue weighted by atomic mass is 16.3. The molecule has 0 aromatic carbocycles. The number of rotatable bonds is 10. The zero-order valence-corrected chi connectivity index (χ0v) is 13.6. The van der Waals surface area contributed by atoms with Crippen molar-refractivity contribution in [2.45, 2.75) is 65.5 Å². The largest absolute Gasteiger partial charge is 0.394 e. The monoisotopic (exact) mass is 270 g/mol. The Labute approximate surface area is 119 Å². The molecule has 1 unspecified atom stereocenters. The van der Waals surface area contributed by atoms with Crippen LogP contribution in [0.5, 0.6) is 0 Å². The third kappa shape index (κ3) is 7.28. The molecule has 0 spiro atoms. The summed E-state index contributed by atoms with van der Waals surface area (Å²) in [5.74, 6) is 1.41. The van der Waals surface area contributed by atoms with Gasteiger partial charge in [-0.3, -0.25) is 0 Å². The molecule has 1 aliphatic carbocycles. The van der Waals surface area contributed by atoms with Gasteiger partial charge in [-0.05, 0) is 44.6 Å². The maximum Gasteiger partial charge on any atom is 0.0611 e. The highest BCUT2D eigenvalue weighted by molar-refractivity contribution is 4.92. The third-order valence-corrected chi connectivity index (χ3v) is 3.71. The molecule has 0 bridgehead atoms. The molecule has 1 atom stereocenters. The summed E-state index contributed by atoms with van der Waals surface area (Å²) >= 11 is 0. The van der Waals surface area contributed by atoms with Gasteiger partial charge in [0.1, 0.15) is 0 Å². The molecule has 19 heavy (non-hydrogen) atoms. The van der Waals surface area contributed by atoms with Gasteiger partial charge < -0.3 is 15.3 Å². The van der Waals surface area contributed by atoms with Crippen LogP contribution in [0, 0.1) is 11.8 Å². The minimum atomic E-state index is -0.104. The molecule has 3 heteroatoms. The van der Waals surface area contributed by atoms with Crippen LogP contribution in [-0.2, 0) is 0 Å². The first-order chi connectivity index (χ1) is 8.84. The van der Waals surface area contributed by atoms with Crippen LogP contribution in [0.4, 0.5) is 0 Å². The Morgan fingerprint density at radius 3 is 2.05 bits per heavy atom. The maximum atomic E-state index is 9.66. The van der Waals surface area contributed by atoms with E-state index in [0.29, 0.717) is 17.9 Å². The molecule has 0 amide bonds. The van der Waals surface area contributed by atoms with Gasteiger partial charge >= 0.3 is 0 Å². The van der Waals surface area contributed by atoms with Gasteiger partial charge in [-0.1, -0.05) is 27.7 Å². The summed E-state index contributed by atoms with van der Waals surface area (Å²) in [5, 5.41) is 13.3. The fourth-order valence-corrected chi connectivity index (χ4v) is 2.61. The van der Waals surface area contributed by atoms with Crippen LogP contribution in [0.15, 0.2) is 0 Å². The molecular weight excluding hydrogens is 236 g/mol. The van der Waals surface area contributed by atoms with E-state index >= 15 is 0 Å². The van der Waals surface area contributed by atoms with Crippen LogP contribution in [0.1, 0.15) is 53.9 Å². The molecule has 1 fully saturated rings. The fraction of sp³-hybridized carbons (Fsp3) is 1.00. The second kappa shape index (κ2) is 7.61. The highest BCUT2D eigenvalue weighted by Gasteiger charge is 2.32. The van der Waals surface area contributed by atoms with Crippen LogP contribution in [0.25, 0.3) is 0 Å². The van der Waals surface area contributed by atoms with Gasteiger partial charge in [-0.25, -0.2) is 0 Å². The second-order valence-corrected chi connectivity index (χ2v) is 7.43. The molecule has 1 rings (SSSR count). The lowest BCUT2D eigenvalue weighted by atomic mass is 9.97. The molecule has 1 saturated carbocycles. The average molecular weight is 270 g/mol. The maximum absolute atomic E-state index is 9.66. The van der Waals surface area contributed by atoms with Gasteiger partial charge in [-0.15, -0.1) is 0 Å². The van der Waals surface area contributed by atoms with Crippen molar-refractivity contribution < 1.29 is 5.11 Å². The molecule has 0 radical (unpaired) electrons. The smallest absolute Gasteiger partial charge is 0.0611 e. The molecule has 1 aliphatic rings. The second-order valence-electron chi connectivity index (χ2n) is 7.43. The summed E-state index contributed by atoms with van der Waals surface area (Å²) < 4.78 is 0. The van der Waals surface area contributed by atoms with E-state index in [-0.39, 0.29) is 12.1 Å². The van der Waals surface area contributed by atoms with Crippen molar-refractivity contribution in [1.82, 2.24) is 10.2 Å². The minimum absolute atomic E-state index is 0.104. The topological polar surface area (TPSA) is 35.5 Å². The molecule has 0 saturated heterocycles. The number of aliphatic hydroxyl groups excluding tert-OH is 1. The third-order valence-electron chi connectivity index (χ3n) is 3.71. The predicted molar refractivity (Wildman–Crippen MR) is 82.4 cm³/mol. The average Bonchev–Trinajstić information content (AvgIpc) is 3.08. The van der Waals surface area contributed by atoms with Gasteiger partial charge in [0.25, 0.3) is 0 Å². The molecular formula is C16H34N2O. The number of aliphatic hydroxyl groups is 1. The van der Waals surface area contributed by atoms with Crippen LogP contribution in [-0.4, -0.2) is 47.8 Å². The molecule has 0 aliphatic heterocycles. The lowest BCUT2D eigenvalue weighted by Crippen LogP contribution is -2.49. The standard InChI is InChI=1S/C16H34N2O/c1-13(2)10-18(11-14(3)4)9-8-16(5,12-19)17-15-6-7-15/h13-15,17,19H,6-12H2,1-5H3. The number of hydrogen-bond acceptors (Lipinski definition) is 3. The van der Waals surface area contributed by atoms with Crippen molar-refractivity contribution in [3.05, 3.63) is 0 Å². The number of hydrogen-bond donors (Lipinski definition) is 2. The van der Waals surface area contributed by atoms with Gasteiger partial charge in [0.05, 0.1) is 6.61 Å². The minimum Gasteiger partial charge on any atom is -0.394 e. The number of nitrogens with zero attached hydrogens (tertiary/aromatic N) is 1. The number of nitrogens with one attached hydrogen (secondary N) is 1. The van der Waals surface area contributed by atoms with E-state index in [2.05, 4.69) is 44.8 Å². The Morgan fingerprint density at radius 1 is 1.16 bits per heavy atom. The Balaban J connectivity index is 2.42. The molecule has 0 aromatic rings. The van der Waals surface area contributed by atoms with Gasteiger partial charge in [0, 0.05) is 24.7 Å². The van der Waals surface area contributed by atoms with E-state index in [9.17, 15) is 5.11 Å². The quantitative estimate of drug-likeness (QED) is 0.640. The van der Waals surface area contributed by atoms with E-state index in [0.717, 1.165) is 26.1 Å². The van der Waals surface area contributed by atoms with Crippen molar-refractivity contribution in [1.29, 1.82) is 0 Å². The van der Waals surface area contributed by atoms with Crippen LogP contribution in [0.3, 0.4) is 0 Å². The lowest BCUT2D eigenvalue weighted by Gasteiger charge is -2.33. The van der Waals surface area contributed by atoms with Crippen LogP contribution >= 0.6 is 0 Å². The first kappa shape index (κ1) is 16.9. The van der Waals surface area contributed by atoms with Gasteiger partial charge in [0.2, 0.25) is 0 Å². The zero-order valence-electron chi connectivity index (χ0n) is 13.6. The van der Waals surface area contributed by atoms with Crippen molar-refractivity contribution in [3.8, 4) is 0 Å². The molecule has 0 aromatic heterocycles. The van der Waals surface area contributed by atoms with E-state index in [1.807, 2.05) is 0 Å². The predicted octanol–water partition coefficient (Wildman–Crippen LogP) is 2.49. The highest BCUT2D eigenvalue weighted by Crippen LogP contribution is 2.24. The first-order valence-electron chi connectivity index (χ1n) is 7.95. The van der Waals surface area contributed by atoms with Gasteiger partial charge in [0.15, 0.2) is 0 Å². The van der Waals surface area contributed by atoms with E-state index in [4.69, 9.17) is 0 Å². The van der Waals surface area contributed by atoms with Crippen molar-refractivity contribution >= 4 is 0 Å². The summed E-state index contributed by atoms with van der Waals surface area (Å²) in [6, 6.07) is 0.654. The Kier molecular flexibility index (Phi) is 6.78. The van der Waals surface area contributed by atoms with Crippen LogP contribution < -0.4 is 5.32 Å².